The molecule has 0 aliphatic heterocycles. The Bertz CT molecular complexity index is 1300. The van der Waals surface area contributed by atoms with Gasteiger partial charge in [-0.2, -0.15) is 0 Å². The van der Waals surface area contributed by atoms with E-state index in [0.29, 0.717) is 28.6 Å². The van der Waals surface area contributed by atoms with E-state index in [9.17, 15) is 9.59 Å². The number of hydrogen-bond acceptors (Lipinski definition) is 5. The molecule has 148 valence electrons. The highest BCUT2D eigenvalue weighted by Gasteiger charge is 2.18. The molecule has 0 radical (unpaired) electrons. The van der Waals surface area contributed by atoms with Crippen LogP contribution in [0.4, 0.5) is 5.13 Å². The molecule has 0 saturated heterocycles. The summed E-state index contributed by atoms with van der Waals surface area (Å²) in [6, 6.07) is 9.56. The van der Waals surface area contributed by atoms with Crippen LogP contribution in [0.1, 0.15) is 48.3 Å². The van der Waals surface area contributed by atoms with Gasteiger partial charge in [-0.25, -0.2) is 9.97 Å². The minimum Gasteiger partial charge on any atom is -0.332 e. The molecule has 1 amide bonds. The van der Waals surface area contributed by atoms with Gasteiger partial charge in [0.05, 0.1) is 15.6 Å². The van der Waals surface area contributed by atoms with Gasteiger partial charge in [0.2, 0.25) is 5.43 Å². The van der Waals surface area contributed by atoms with Crippen molar-refractivity contribution in [2.24, 2.45) is 0 Å². The third-order valence-corrected chi connectivity index (χ3v) is 5.87. The van der Waals surface area contributed by atoms with Crippen molar-refractivity contribution in [2.45, 2.75) is 40.2 Å². The van der Waals surface area contributed by atoms with E-state index in [1.54, 1.807) is 18.3 Å². The van der Waals surface area contributed by atoms with Crippen LogP contribution in [0.25, 0.3) is 21.3 Å². The second-order valence-corrected chi connectivity index (χ2v) is 8.33. The van der Waals surface area contributed by atoms with Crippen molar-refractivity contribution in [3.05, 3.63) is 63.6 Å². The van der Waals surface area contributed by atoms with Gasteiger partial charge in [0.15, 0.2) is 5.13 Å². The standard InChI is InChI=1S/C22H22N4O2S/c1-5-26-11-16(19(27)15-10-9-13(4)23-20(15)26)21(28)25-22-24-18-14(12(2)3)7-6-8-17(18)29-22/h6-12H,5H2,1-4H3,(H,24,25,28). The maximum atomic E-state index is 12.9. The zero-order valence-corrected chi connectivity index (χ0v) is 17.6. The largest absolute Gasteiger partial charge is 0.332 e. The maximum Gasteiger partial charge on any atom is 0.262 e. The Hall–Kier alpha value is -3.06. The minimum absolute atomic E-state index is 0.0911. The van der Waals surface area contributed by atoms with Crippen LogP contribution in [-0.2, 0) is 6.54 Å². The fraction of sp³-hybridized carbons (Fsp3) is 0.273. The van der Waals surface area contributed by atoms with Crippen molar-refractivity contribution < 1.29 is 4.79 Å². The number of benzene rings is 1. The second kappa shape index (κ2) is 7.40. The molecule has 7 heteroatoms. The van der Waals surface area contributed by atoms with E-state index in [1.807, 2.05) is 30.5 Å². The monoisotopic (exact) mass is 406 g/mol. The molecule has 1 aromatic carbocycles. The number of pyridine rings is 2. The smallest absolute Gasteiger partial charge is 0.262 e. The van der Waals surface area contributed by atoms with Crippen LogP contribution >= 0.6 is 11.3 Å². The van der Waals surface area contributed by atoms with Crippen LogP contribution in [0.5, 0.6) is 0 Å². The average molecular weight is 407 g/mol. The molecule has 0 bridgehead atoms. The van der Waals surface area contributed by atoms with Crippen molar-refractivity contribution in [2.75, 3.05) is 5.32 Å². The van der Waals surface area contributed by atoms with Crippen molar-refractivity contribution in [3.63, 3.8) is 0 Å². The molecule has 4 rings (SSSR count). The SMILES string of the molecule is CCn1cc(C(=O)Nc2nc3c(C(C)C)cccc3s2)c(=O)c2ccc(C)nc21. The van der Waals surface area contributed by atoms with E-state index in [-0.39, 0.29) is 11.0 Å². The third kappa shape index (κ3) is 3.42. The maximum absolute atomic E-state index is 12.9. The van der Waals surface area contributed by atoms with Crippen LogP contribution in [0.2, 0.25) is 0 Å². The highest BCUT2D eigenvalue weighted by Crippen LogP contribution is 2.31. The number of fused-ring (bicyclic) bond motifs is 2. The first-order valence-corrected chi connectivity index (χ1v) is 10.4. The Morgan fingerprint density at radius 3 is 2.72 bits per heavy atom. The van der Waals surface area contributed by atoms with Crippen molar-refractivity contribution in [1.82, 2.24) is 14.5 Å². The summed E-state index contributed by atoms with van der Waals surface area (Å²) in [4.78, 5) is 34.9. The van der Waals surface area contributed by atoms with Gasteiger partial charge < -0.3 is 4.57 Å². The Kier molecular flexibility index (Phi) is 4.92. The lowest BCUT2D eigenvalue weighted by Gasteiger charge is -2.11. The molecule has 0 unspecified atom stereocenters. The zero-order valence-electron chi connectivity index (χ0n) is 16.8. The molecule has 3 heterocycles. The zero-order chi connectivity index (χ0) is 20.7. The van der Waals surface area contributed by atoms with E-state index >= 15 is 0 Å². The van der Waals surface area contributed by atoms with Crippen molar-refractivity contribution >= 4 is 43.6 Å². The first-order valence-electron chi connectivity index (χ1n) is 9.60. The Balaban J connectivity index is 1.76. The summed E-state index contributed by atoms with van der Waals surface area (Å²) >= 11 is 1.41. The summed E-state index contributed by atoms with van der Waals surface area (Å²) in [5, 5.41) is 3.75. The molecule has 0 spiro atoms. The molecular formula is C22H22N4O2S. The first kappa shape index (κ1) is 19.3. The topological polar surface area (TPSA) is 76.9 Å². The predicted octanol–water partition coefficient (Wildman–Crippen LogP) is 4.71. The minimum atomic E-state index is -0.454. The van der Waals surface area contributed by atoms with Gasteiger partial charge in [-0.1, -0.05) is 37.3 Å². The van der Waals surface area contributed by atoms with E-state index in [2.05, 4.69) is 35.2 Å². The molecule has 3 aromatic heterocycles. The van der Waals surface area contributed by atoms with E-state index in [4.69, 9.17) is 0 Å². The number of nitrogens with one attached hydrogen (secondary N) is 1. The van der Waals surface area contributed by atoms with E-state index in [1.165, 1.54) is 11.3 Å². The van der Waals surface area contributed by atoms with Gasteiger partial charge in [0.25, 0.3) is 5.91 Å². The van der Waals surface area contributed by atoms with Crippen LogP contribution in [0, 0.1) is 6.92 Å². The quantitative estimate of drug-likeness (QED) is 0.532. The van der Waals surface area contributed by atoms with Gasteiger partial charge >= 0.3 is 0 Å². The van der Waals surface area contributed by atoms with Crippen molar-refractivity contribution in [3.8, 4) is 0 Å². The number of carbonyl (C=O) groups is 1. The molecular weight excluding hydrogens is 384 g/mol. The highest BCUT2D eigenvalue weighted by molar-refractivity contribution is 7.22. The third-order valence-electron chi connectivity index (χ3n) is 4.94. The molecule has 0 fully saturated rings. The fourth-order valence-corrected chi connectivity index (χ4v) is 4.31. The normalized spacial score (nSPS) is 11.5. The van der Waals surface area contributed by atoms with Crippen LogP contribution in [-0.4, -0.2) is 20.4 Å². The van der Waals surface area contributed by atoms with Crippen LogP contribution in [0.3, 0.4) is 0 Å². The molecule has 29 heavy (non-hydrogen) atoms. The van der Waals surface area contributed by atoms with E-state index < -0.39 is 5.91 Å². The first-order chi connectivity index (χ1) is 13.9. The molecule has 0 aliphatic carbocycles. The molecule has 0 saturated carbocycles. The second-order valence-electron chi connectivity index (χ2n) is 7.30. The molecule has 1 N–H and O–H groups in total. The summed E-state index contributed by atoms with van der Waals surface area (Å²) in [6.07, 6.45) is 1.58. The number of hydrogen-bond donors (Lipinski definition) is 1. The molecule has 0 aliphatic rings. The average Bonchev–Trinajstić information content (AvgIpc) is 3.10. The van der Waals surface area contributed by atoms with E-state index in [0.717, 1.165) is 21.5 Å². The summed E-state index contributed by atoms with van der Waals surface area (Å²) < 4.78 is 2.84. The lowest BCUT2D eigenvalue weighted by Crippen LogP contribution is -2.24. The van der Waals surface area contributed by atoms with Gasteiger partial charge in [0.1, 0.15) is 11.2 Å². The number of thiazole rings is 1. The number of rotatable bonds is 4. The lowest BCUT2D eigenvalue weighted by atomic mass is 10.0. The number of aromatic nitrogens is 3. The summed E-state index contributed by atoms with van der Waals surface area (Å²) in [5.41, 5.74) is 3.22. The van der Waals surface area contributed by atoms with Crippen molar-refractivity contribution in [1.29, 1.82) is 0 Å². The van der Waals surface area contributed by atoms with Gasteiger partial charge in [-0.05, 0) is 43.5 Å². The van der Waals surface area contributed by atoms with Crippen LogP contribution in [0.15, 0.2) is 41.3 Å². The number of nitrogens with zero attached hydrogens (tertiary/aromatic N) is 3. The summed E-state index contributed by atoms with van der Waals surface area (Å²) in [7, 11) is 0. The molecule has 4 aromatic rings. The van der Waals surface area contributed by atoms with Gasteiger partial charge in [-0.3, -0.25) is 14.9 Å². The van der Waals surface area contributed by atoms with Crippen LogP contribution < -0.4 is 10.7 Å². The van der Waals surface area contributed by atoms with Gasteiger partial charge in [-0.15, -0.1) is 0 Å². The predicted molar refractivity (Wildman–Crippen MR) is 118 cm³/mol. The molecule has 6 nitrogen and oxygen atoms in total. The molecule has 0 atom stereocenters. The summed E-state index contributed by atoms with van der Waals surface area (Å²) in [6.45, 7) is 8.67. The fourth-order valence-electron chi connectivity index (χ4n) is 3.42. The highest BCUT2D eigenvalue weighted by atomic mass is 32.1. The number of carbonyl (C=O) groups excluding carboxylic acids is 1. The number of anilines is 1. The van der Waals surface area contributed by atoms with Gasteiger partial charge in [0, 0.05) is 18.4 Å². The Morgan fingerprint density at radius 1 is 1.21 bits per heavy atom. The summed E-state index contributed by atoms with van der Waals surface area (Å²) in [5.74, 6) is -0.123. The number of amides is 1. The Morgan fingerprint density at radius 2 is 2.00 bits per heavy atom. The Labute approximate surface area is 172 Å². The number of aryl methyl sites for hydroxylation is 2. The number of para-hydroxylation sites is 1. The lowest BCUT2D eigenvalue weighted by molar-refractivity contribution is 0.102.